The van der Waals surface area contributed by atoms with E-state index < -0.39 is 4.92 Å². The molecule has 0 spiro atoms. The summed E-state index contributed by atoms with van der Waals surface area (Å²) in [6.07, 6.45) is 0.961. The Balaban J connectivity index is 2.88. The molecule has 5 heteroatoms. The lowest BCUT2D eigenvalue weighted by molar-refractivity contribution is -0.385. The largest absolute Gasteiger partial charge is 0.326 e. The third-order valence-electron chi connectivity index (χ3n) is 2.64. The number of nitro benzene ring substituents is 1. The number of hydrogen-bond donors (Lipinski definition) is 1. The SMILES string of the molecule is CCc1ccc(NC(=O)CC(C)(C)C)cc1[N+](=O)[O-]. The fraction of sp³-hybridized carbons (Fsp3) is 0.500. The van der Waals surface area contributed by atoms with Gasteiger partial charge in [0.2, 0.25) is 5.91 Å². The third kappa shape index (κ3) is 4.69. The monoisotopic (exact) mass is 264 g/mol. The van der Waals surface area contributed by atoms with E-state index in [0.717, 1.165) is 0 Å². The number of benzene rings is 1. The minimum Gasteiger partial charge on any atom is -0.326 e. The molecule has 5 nitrogen and oxygen atoms in total. The maximum atomic E-state index is 11.8. The Morgan fingerprint density at radius 1 is 1.37 bits per heavy atom. The third-order valence-corrected chi connectivity index (χ3v) is 2.64. The molecule has 0 aliphatic rings. The van der Waals surface area contributed by atoms with Gasteiger partial charge in [-0.1, -0.05) is 33.8 Å². The van der Waals surface area contributed by atoms with E-state index in [0.29, 0.717) is 24.1 Å². The fourth-order valence-electron chi connectivity index (χ4n) is 1.80. The van der Waals surface area contributed by atoms with E-state index >= 15 is 0 Å². The maximum absolute atomic E-state index is 11.8. The molecular weight excluding hydrogens is 244 g/mol. The highest BCUT2D eigenvalue weighted by Crippen LogP contribution is 2.25. The Kier molecular flexibility index (Phi) is 4.64. The minimum atomic E-state index is -0.418. The second-order valence-electron chi connectivity index (χ2n) is 5.74. The van der Waals surface area contributed by atoms with E-state index in [4.69, 9.17) is 0 Å². The summed E-state index contributed by atoms with van der Waals surface area (Å²) in [6, 6.07) is 4.80. The van der Waals surface area contributed by atoms with Gasteiger partial charge in [0.05, 0.1) is 4.92 Å². The average molecular weight is 264 g/mol. The highest BCUT2D eigenvalue weighted by atomic mass is 16.6. The normalized spacial score (nSPS) is 11.2. The zero-order chi connectivity index (χ0) is 14.6. The number of nitrogens with zero attached hydrogens (tertiary/aromatic N) is 1. The molecule has 1 amide bonds. The van der Waals surface area contributed by atoms with Gasteiger partial charge in [-0.3, -0.25) is 14.9 Å². The van der Waals surface area contributed by atoms with Gasteiger partial charge in [0.1, 0.15) is 0 Å². The van der Waals surface area contributed by atoms with Gasteiger partial charge in [-0.2, -0.15) is 0 Å². The van der Waals surface area contributed by atoms with Gasteiger partial charge in [0.25, 0.3) is 5.69 Å². The van der Waals surface area contributed by atoms with Crippen LogP contribution in [0, 0.1) is 15.5 Å². The van der Waals surface area contributed by atoms with Crippen molar-refractivity contribution in [1.29, 1.82) is 0 Å². The van der Waals surface area contributed by atoms with E-state index in [9.17, 15) is 14.9 Å². The Bertz CT molecular complexity index is 490. The molecule has 1 rings (SSSR count). The summed E-state index contributed by atoms with van der Waals surface area (Å²) < 4.78 is 0. The first kappa shape index (κ1) is 15.1. The van der Waals surface area contributed by atoms with Crippen molar-refractivity contribution >= 4 is 17.3 Å². The van der Waals surface area contributed by atoms with Crippen LogP contribution < -0.4 is 5.32 Å². The summed E-state index contributed by atoms with van der Waals surface area (Å²) in [5.41, 5.74) is 1.08. The predicted molar refractivity (Wildman–Crippen MR) is 75.2 cm³/mol. The van der Waals surface area contributed by atoms with Crippen LogP contribution in [0.1, 0.15) is 39.7 Å². The number of anilines is 1. The molecule has 0 aliphatic heterocycles. The van der Waals surface area contributed by atoms with Crippen LogP contribution in [0.25, 0.3) is 0 Å². The molecule has 0 aliphatic carbocycles. The first-order valence-corrected chi connectivity index (χ1v) is 6.30. The van der Waals surface area contributed by atoms with Crippen LogP contribution in [-0.4, -0.2) is 10.8 Å². The number of aryl methyl sites for hydroxylation is 1. The molecule has 1 aromatic carbocycles. The van der Waals surface area contributed by atoms with Crippen molar-refractivity contribution in [3.05, 3.63) is 33.9 Å². The molecule has 0 radical (unpaired) electrons. The van der Waals surface area contributed by atoms with Crippen molar-refractivity contribution in [3.63, 3.8) is 0 Å². The molecule has 1 N–H and O–H groups in total. The Morgan fingerprint density at radius 3 is 2.47 bits per heavy atom. The van der Waals surface area contributed by atoms with Crippen LogP contribution in [0.3, 0.4) is 0 Å². The number of hydrogen-bond acceptors (Lipinski definition) is 3. The highest BCUT2D eigenvalue weighted by Gasteiger charge is 2.18. The molecular formula is C14H20N2O3. The Hall–Kier alpha value is -1.91. The molecule has 0 fully saturated rings. The summed E-state index contributed by atoms with van der Waals surface area (Å²) >= 11 is 0. The summed E-state index contributed by atoms with van der Waals surface area (Å²) in [6.45, 7) is 7.76. The molecule has 0 atom stereocenters. The van der Waals surface area contributed by atoms with Crippen LogP contribution in [0.5, 0.6) is 0 Å². The Labute approximate surface area is 113 Å². The van der Waals surface area contributed by atoms with E-state index in [1.165, 1.54) is 6.07 Å². The molecule has 1 aromatic rings. The molecule has 0 bridgehead atoms. The van der Waals surface area contributed by atoms with Gasteiger partial charge in [0, 0.05) is 23.7 Å². The molecule has 104 valence electrons. The average Bonchev–Trinajstić information content (AvgIpc) is 2.26. The van der Waals surface area contributed by atoms with Crippen molar-refractivity contribution in [3.8, 4) is 0 Å². The quantitative estimate of drug-likeness (QED) is 0.667. The van der Waals surface area contributed by atoms with Gasteiger partial charge in [-0.25, -0.2) is 0 Å². The van der Waals surface area contributed by atoms with Gasteiger partial charge in [0.15, 0.2) is 0 Å². The van der Waals surface area contributed by atoms with Crippen LogP contribution in [0.15, 0.2) is 18.2 Å². The number of rotatable bonds is 4. The summed E-state index contributed by atoms with van der Waals surface area (Å²) in [7, 11) is 0. The second kappa shape index (κ2) is 5.82. The minimum absolute atomic E-state index is 0.0519. The van der Waals surface area contributed by atoms with Crippen LogP contribution in [0.4, 0.5) is 11.4 Å². The number of carbonyl (C=O) groups is 1. The zero-order valence-corrected chi connectivity index (χ0v) is 11.8. The van der Waals surface area contributed by atoms with E-state index in [1.54, 1.807) is 12.1 Å². The smallest absolute Gasteiger partial charge is 0.274 e. The number of amides is 1. The molecule has 0 aromatic heterocycles. The number of nitrogens with one attached hydrogen (secondary N) is 1. The maximum Gasteiger partial charge on any atom is 0.274 e. The van der Waals surface area contributed by atoms with Gasteiger partial charge < -0.3 is 5.32 Å². The molecule has 0 saturated carbocycles. The van der Waals surface area contributed by atoms with Gasteiger partial charge >= 0.3 is 0 Å². The highest BCUT2D eigenvalue weighted by molar-refractivity contribution is 5.91. The predicted octanol–water partition coefficient (Wildman–Crippen LogP) is 3.53. The lowest BCUT2D eigenvalue weighted by Crippen LogP contribution is -2.19. The summed E-state index contributed by atoms with van der Waals surface area (Å²) in [5, 5.41) is 13.6. The Morgan fingerprint density at radius 2 is 2.00 bits per heavy atom. The lowest BCUT2D eigenvalue weighted by atomic mass is 9.92. The van der Waals surface area contributed by atoms with Crippen molar-refractivity contribution in [2.24, 2.45) is 5.41 Å². The van der Waals surface area contributed by atoms with Gasteiger partial charge in [-0.05, 0) is 17.9 Å². The molecule has 0 saturated heterocycles. The second-order valence-corrected chi connectivity index (χ2v) is 5.74. The van der Waals surface area contributed by atoms with Crippen molar-refractivity contribution in [2.75, 3.05) is 5.32 Å². The number of nitro groups is 1. The fourth-order valence-corrected chi connectivity index (χ4v) is 1.80. The lowest BCUT2D eigenvalue weighted by Gasteiger charge is -2.17. The van der Waals surface area contributed by atoms with Crippen LogP contribution in [-0.2, 0) is 11.2 Å². The van der Waals surface area contributed by atoms with E-state index in [1.807, 2.05) is 27.7 Å². The van der Waals surface area contributed by atoms with E-state index in [2.05, 4.69) is 5.32 Å². The summed E-state index contributed by atoms with van der Waals surface area (Å²) in [4.78, 5) is 22.3. The standard InChI is InChI=1S/C14H20N2O3/c1-5-10-6-7-11(8-12(10)16(18)19)15-13(17)9-14(2,3)4/h6-8H,5,9H2,1-4H3,(H,15,17). The van der Waals surface area contributed by atoms with E-state index in [-0.39, 0.29) is 17.0 Å². The molecule has 19 heavy (non-hydrogen) atoms. The number of carbonyl (C=O) groups excluding carboxylic acids is 1. The topological polar surface area (TPSA) is 72.2 Å². The molecule has 0 heterocycles. The van der Waals surface area contributed by atoms with Crippen LogP contribution in [0.2, 0.25) is 0 Å². The van der Waals surface area contributed by atoms with Crippen LogP contribution >= 0.6 is 0 Å². The van der Waals surface area contributed by atoms with Crippen molar-refractivity contribution in [1.82, 2.24) is 0 Å². The first-order chi connectivity index (χ1) is 8.73. The summed E-state index contributed by atoms with van der Waals surface area (Å²) in [5.74, 6) is -0.133. The first-order valence-electron chi connectivity index (χ1n) is 6.30. The molecule has 0 unspecified atom stereocenters. The van der Waals surface area contributed by atoms with Gasteiger partial charge in [-0.15, -0.1) is 0 Å². The van der Waals surface area contributed by atoms with Crippen molar-refractivity contribution < 1.29 is 9.72 Å². The zero-order valence-electron chi connectivity index (χ0n) is 11.8. The van der Waals surface area contributed by atoms with Crippen molar-refractivity contribution in [2.45, 2.75) is 40.5 Å².